The minimum absolute atomic E-state index is 0.0228. The van der Waals surface area contributed by atoms with E-state index in [0.717, 1.165) is 44.5 Å². The van der Waals surface area contributed by atoms with Crippen molar-refractivity contribution >= 4 is 23.2 Å². The zero-order chi connectivity index (χ0) is 21.1. The van der Waals surface area contributed by atoms with Crippen molar-refractivity contribution in [3.8, 4) is 0 Å². The second-order valence-electron chi connectivity index (χ2n) is 7.99. The number of carbonyl (C=O) groups excluding carboxylic acids is 2. The van der Waals surface area contributed by atoms with Gasteiger partial charge in [-0.05, 0) is 67.7 Å². The van der Waals surface area contributed by atoms with Crippen LogP contribution in [0.2, 0.25) is 0 Å². The number of anilines is 2. The van der Waals surface area contributed by atoms with Crippen LogP contribution < -0.4 is 15.5 Å². The lowest BCUT2D eigenvalue weighted by molar-refractivity contribution is -0.136. The van der Waals surface area contributed by atoms with Crippen molar-refractivity contribution in [1.82, 2.24) is 10.2 Å². The molecule has 1 fully saturated rings. The van der Waals surface area contributed by atoms with Crippen LogP contribution >= 0.6 is 0 Å². The highest BCUT2D eigenvalue weighted by Gasteiger charge is 2.27. The van der Waals surface area contributed by atoms with E-state index in [0.29, 0.717) is 6.54 Å². The lowest BCUT2D eigenvalue weighted by Gasteiger charge is -2.28. The Morgan fingerprint density at radius 1 is 1.07 bits per heavy atom. The smallest absolute Gasteiger partial charge is 0.313 e. The van der Waals surface area contributed by atoms with Gasteiger partial charge in [0.15, 0.2) is 0 Å². The minimum Gasteiger partial charge on any atom is -0.374 e. The molecule has 0 bridgehead atoms. The van der Waals surface area contributed by atoms with Crippen LogP contribution in [-0.2, 0) is 16.0 Å². The fourth-order valence-electron chi connectivity index (χ4n) is 4.33. The topological polar surface area (TPSA) is 64.7 Å². The van der Waals surface area contributed by atoms with Crippen LogP contribution in [0, 0.1) is 5.82 Å². The Morgan fingerprint density at radius 2 is 1.87 bits per heavy atom. The molecule has 2 aromatic carbocycles. The van der Waals surface area contributed by atoms with E-state index in [1.807, 2.05) is 0 Å². The molecule has 2 aliphatic heterocycles. The van der Waals surface area contributed by atoms with Gasteiger partial charge in [-0.15, -0.1) is 0 Å². The molecule has 1 atom stereocenters. The third-order valence-electron chi connectivity index (χ3n) is 5.94. The predicted molar refractivity (Wildman–Crippen MR) is 115 cm³/mol. The monoisotopic (exact) mass is 410 g/mol. The summed E-state index contributed by atoms with van der Waals surface area (Å²) in [5, 5.41) is 5.22. The van der Waals surface area contributed by atoms with Crippen LogP contribution in [0.1, 0.15) is 30.0 Å². The predicted octanol–water partition coefficient (Wildman–Crippen LogP) is 2.71. The highest BCUT2D eigenvalue weighted by molar-refractivity contribution is 6.39. The van der Waals surface area contributed by atoms with Crippen molar-refractivity contribution in [3.63, 3.8) is 0 Å². The molecule has 7 heteroatoms. The molecule has 4 rings (SSSR count). The quantitative estimate of drug-likeness (QED) is 0.744. The number of carbonyl (C=O) groups is 2. The maximum Gasteiger partial charge on any atom is 0.313 e. The summed E-state index contributed by atoms with van der Waals surface area (Å²) in [7, 11) is 2.10. The summed E-state index contributed by atoms with van der Waals surface area (Å²) in [6.45, 7) is 3.33. The molecule has 0 unspecified atom stereocenters. The van der Waals surface area contributed by atoms with E-state index in [4.69, 9.17) is 0 Å². The van der Waals surface area contributed by atoms with E-state index < -0.39 is 17.6 Å². The van der Waals surface area contributed by atoms with Crippen molar-refractivity contribution in [3.05, 3.63) is 59.4 Å². The zero-order valence-electron chi connectivity index (χ0n) is 17.2. The van der Waals surface area contributed by atoms with Gasteiger partial charge in [0.2, 0.25) is 0 Å². The Balaban J connectivity index is 1.44. The molecule has 158 valence electrons. The van der Waals surface area contributed by atoms with Gasteiger partial charge in [-0.25, -0.2) is 4.39 Å². The lowest BCUT2D eigenvalue weighted by atomic mass is 10.0. The van der Waals surface area contributed by atoms with Gasteiger partial charge in [-0.2, -0.15) is 0 Å². The number of benzene rings is 2. The van der Waals surface area contributed by atoms with Crippen LogP contribution in [0.15, 0.2) is 42.5 Å². The Bertz CT molecular complexity index is 943. The summed E-state index contributed by atoms with van der Waals surface area (Å²) in [5.74, 6) is -1.98. The van der Waals surface area contributed by atoms with Crippen molar-refractivity contribution in [2.45, 2.75) is 25.3 Å². The molecule has 2 heterocycles. The summed E-state index contributed by atoms with van der Waals surface area (Å²) < 4.78 is 13.3. The first kappa shape index (κ1) is 20.3. The molecule has 0 aliphatic carbocycles. The van der Waals surface area contributed by atoms with E-state index in [2.05, 4.69) is 45.7 Å². The van der Waals surface area contributed by atoms with E-state index in [9.17, 15) is 14.0 Å². The average Bonchev–Trinajstić information content (AvgIpc) is 3.38. The molecule has 1 saturated heterocycles. The normalized spacial score (nSPS) is 16.9. The molecule has 30 heavy (non-hydrogen) atoms. The molecular formula is C23H27FN4O2. The third-order valence-corrected chi connectivity index (χ3v) is 5.94. The summed E-state index contributed by atoms with van der Waals surface area (Å²) in [4.78, 5) is 29.2. The van der Waals surface area contributed by atoms with Gasteiger partial charge < -0.3 is 15.5 Å². The maximum absolute atomic E-state index is 13.3. The first-order chi connectivity index (χ1) is 14.5. The molecule has 6 nitrogen and oxygen atoms in total. The van der Waals surface area contributed by atoms with E-state index in [1.54, 1.807) is 6.07 Å². The van der Waals surface area contributed by atoms with Crippen LogP contribution in [0.3, 0.4) is 0 Å². The van der Waals surface area contributed by atoms with Gasteiger partial charge in [0.05, 0.1) is 6.04 Å². The number of hydrogen-bond acceptors (Lipinski definition) is 4. The molecular weight excluding hydrogens is 383 g/mol. The summed E-state index contributed by atoms with van der Waals surface area (Å²) in [5.41, 5.74) is 4.01. The van der Waals surface area contributed by atoms with Gasteiger partial charge in [-0.3, -0.25) is 14.5 Å². The molecule has 0 saturated carbocycles. The third kappa shape index (κ3) is 4.46. The Kier molecular flexibility index (Phi) is 5.99. The molecule has 0 aromatic heterocycles. The number of likely N-dealkylation sites (N-methyl/N-ethyl adjacent to an activating group) is 1. The number of nitrogens with zero attached hydrogens (tertiary/aromatic N) is 2. The zero-order valence-corrected chi connectivity index (χ0v) is 17.2. The molecule has 2 aromatic rings. The van der Waals surface area contributed by atoms with Crippen LogP contribution in [0.25, 0.3) is 0 Å². The van der Waals surface area contributed by atoms with E-state index in [-0.39, 0.29) is 11.7 Å². The number of amides is 2. The van der Waals surface area contributed by atoms with Crippen molar-refractivity contribution in [2.24, 2.45) is 0 Å². The van der Waals surface area contributed by atoms with Crippen LogP contribution in [0.5, 0.6) is 0 Å². The number of likely N-dealkylation sites (tertiary alicyclic amines) is 1. The van der Waals surface area contributed by atoms with Crippen LogP contribution in [-0.4, -0.2) is 49.9 Å². The Labute approximate surface area is 176 Å². The molecule has 0 radical (unpaired) electrons. The van der Waals surface area contributed by atoms with Gasteiger partial charge in [0, 0.05) is 31.5 Å². The first-order valence-electron chi connectivity index (χ1n) is 10.4. The summed E-state index contributed by atoms with van der Waals surface area (Å²) >= 11 is 0. The van der Waals surface area contributed by atoms with Crippen molar-refractivity contribution < 1.29 is 14.0 Å². The Hall–Kier alpha value is -2.93. The Morgan fingerprint density at radius 3 is 2.63 bits per heavy atom. The van der Waals surface area contributed by atoms with E-state index in [1.165, 1.54) is 29.4 Å². The van der Waals surface area contributed by atoms with Gasteiger partial charge >= 0.3 is 11.8 Å². The fourth-order valence-corrected chi connectivity index (χ4v) is 4.33. The van der Waals surface area contributed by atoms with Gasteiger partial charge in [-0.1, -0.05) is 18.2 Å². The maximum atomic E-state index is 13.3. The fraction of sp³-hybridized carbons (Fsp3) is 0.391. The number of halogens is 1. The van der Waals surface area contributed by atoms with E-state index >= 15 is 0 Å². The average molecular weight is 410 g/mol. The standard InChI is InChI=1S/C23H27FN4O2/c1-27-12-9-17-13-16(7-8-20(17)27)21(28-10-2-3-11-28)15-25-22(29)23(30)26-19-6-4-5-18(24)14-19/h4-8,13-14,21H,2-3,9-12,15H2,1H3,(H,25,29)(H,26,30)/t21-/m1/s1. The van der Waals surface area contributed by atoms with Crippen LogP contribution in [0.4, 0.5) is 15.8 Å². The molecule has 0 spiro atoms. The first-order valence-corrected chi connectivity index (χ1v) is 10.4. The lowest BCUT2D eigenvalue weighted by Crippen LogP contribution is -2.41. The van der Waals surface area contributed by atoms with Gasteiger partial charge in [0.1, 0.15) is 5.82 Å². The number of nitrogens with one attached hydrogen (secondary N) is 2. The molecule has 2 N–H and O–H groups in total. The number of rotatable bonds is 5. The second-order valence-corrected chi connectivity index (χ2v) is 7.99. The molecule has 2 aliphatic rings. The van der Waals surface area contributed by atoms with Crippen molar-refractivity contribution in [1.29, 1.82) is 0 Å². The van der Waals surface area contributed by atoms with Gasteiger partial charge in [0.25, 0.3) is 0 Å². The SMILES string of the molecule is CN1CCc2cc([C@@H](CNC(=O)C(=O)Nc3cccc(F)c3)N3CCCC3)ccc21. The number of fused-ring (bicyclic) bond motifs is 1. The molecule has 2 amide bonds. The number of hydrogen-bond donors (Lipinski definition) is 2. The second kappa shape index (κ2) is 8.83. The largest absolute Gasteiger partial charge is 0.374 e. The highest BCUT2D eigenvalue weighted by Crippen LogP contribution is 2.32. The summed E-state index contributed by atoms with van der Waals surface area (Å²) in [6.07, 6.45) is 3.30. The highest BCUT2D eigenvalue weighted by atomic mass is 19.1. The van der Waals surface area contributed by atoms with Crippen molar-refractivity contribution in [2.75, 3.05) is 43.4 Å². The minimum atomic E-state index is -0.795. The summed E-state index contributed by atoms with van der Waals surface area (Å²) in [6, 6.07) is 12.0.